The summed E-state index contributed by atoms with van der Waals surface area (Å²) in [5.41, 5.74) is 5.09. The summed E-state index contributed by atoms with van der Waals surface area (Å²) in [6, 6.07) is 18.3. The predicted molar refractivity (Wildman–Crippen MR) is 83.3 cm³/mol. The average molecular weight is 260 g/mol. The van der Waals surface area contributed by atoms with E-state index in [2.05, 4.69) is 40.8 Å². The van der Waals surface area contributed by atoms with Crippen LogP contribution in [0.2, 0.25) is 0 Å². The largest absolute Gasteiger partial charge is 0.252 e. The van der Waals surface area contributed by atoms with E-state index in [4.69, 9.17) is 0 Å². The smallest absolute Gasteiger partial charge is 0.0894 e. The highest BCUT2D eigenvalue weighted by molar-refractivity contribution is 5.76. The third-order valence-electron chi connectivity index (χ3n) is 3.37. The van der Waals surface area contributed by atoms with Crippen LogP contribution in [-0.4, -0.2) is 9.97 Å². The first-order valence-electron chi connectivity index (χ1n) is 6.77. The van der Waals surface area contributed by atoms with E-state index in [0.29, 0.717) is 0 Å². The van der Waals surface area contributed by atoms with Crippen molar-refractivity contribution < 1.29 is 0 Å². The Morgan fingerprint density at radius 1 is 0.900 bits per heavy atom. The molecule has 3 rings (SSSR count). The molecule has 0 saturated carbocycles. The quantitative estimate of drug-likeness (QED) is 0.700. The number of rotatable bonds is 4. The highest BCUT2D eigenvalue weighted by atomic mass is 14.8. The third kappa shape index (κ3) is 2.75. The highest BCUT2D eigenvalue weighted by Crippen LogP contribution is 2.18. The SMILES string of the molecule is C=C(CCc1ccccc1)c1cnc2ccccc2n1. The number of para-hydroxylation sites is 2. The van der Waals surface area contributed by atoms with E-state index in [9.17, 15) is 0 Å². The zero-order valence-electron chi connectivity index (χ0n) is 11.3. The minimum absolute atomic E-state index is 0.889. The van der Waals surface area contributed by atoms with E-state index < -0.39 is 0 Å². The van der Waals surface area contributed by atoms with E-state index in [-0.39, 0.29) is 0 Å². The van der Waals surface area contributed by atoms with Crippen molar-refractivity contribution in [1.82, 2.24) is 9.97 Å². The second-order valence-corrected chi connectivity index (χ2v) is 4.83. The van der Waals surface area contributed by atoms with E-state index in [1.54, 1.807) is 0 Å². The second kappa shape index (κ2) is 5.66. The summed E-state index contributed by atoms with van der Waals surface area (Å²) in [6.07, 6.45) is 3.70. The first-order chi connectivity index (χ1) is 9.83. The van der Waals surface area contributed by atoms with Crippen molar-refractivity contribution in [3.05, 3.63) is 78.6 Å². The molecule has 0 aliphatic rings. The van der Waals surface area contributed by atoms with Gasteiger partial charge in [-0.25, -0.2) is 4.98 Å². The van der Waals surface area contributed by atoms with Crippen molar-refractivity contribution in [2.45, 2.75) is 12.8 Å². The molecule has 3 aromatic rings. The van der Waals surface area contributed by atoms with Gasteiger partial charge >= 0.3 is 0 Å². The summed E-state index contributed by atoms with van der Waals surface area (Å²) in [5.74, 6) is 0. The maximum Gasteiger partial charge on any atom is 0.0894 e. The van der Waals surface area contributed by atoms with Gasteiger partial charge in [0.05, 0.1) is 22.9 Å². The molecule has 0 N–H and O–H groups in total. The first-order valence-corrected chi connectivity index (χ1v) is 6.77. The Balaban J connectivity index is 1.75. The molecular formula is C18H16N2. The molecule has 20 heavy (non-hydrogen) atoms. The van der Waals surface area contributed by atoms with Gasteiger partial charge in [-0.05, 0) is 36.1 Å². The second-order valence-electron chi connectivity index (χ2n) is 4.83. The molecule has 0 saturated heterocycles. The van der Waals surface area contributed by atoms with Crippen LogP contribution < -0.4 is 0 Å². The minimum atomic E-state index is 0.889. The molecule has 0 aliphatic carbocycles. The van der Waals surface area contributed by atoms with Crippen molar-refractivity contribution in [2.75, 3.05) is 0 Å². The Morgan fingerprint density at radius 3 is 2.40 bits per heavy atom. The fourth-order valence-electron chi connectivity index (χ4n) is 2.20. The molecule has 0 aliphatic heterocycles. The lowest BCUT2D eigenvalue weighted by Gasteiger charge is -2.06. The van der Waals surface area contributed by atoms with Crippen LogP contribution in [0.15, 0.2) is 67.4 Å². The number of aromatic nitrogens is 2. The summed E-state index contributed by atoms with van der Waals surface area (Å²) in [5, 5.41) is 0. The standard InChI is InChI=1S/C18H16N2/c1-14(11-12-15-7-3-2-4-8-15)18-13-19-16-9-5-6-10-17(16)20-18/h2-10,13H,1,11-12H2. The lowest BCUT2D eigenvalue weighted by Crippen LogP contribution is -1.94. The van der Waals surface area contributed by atoms with Crippen LogP contribution in [0.1, 0.15) is 17.7 Å². The van der Waals surface area contributed by atoms with Crippen molar-refractivity contribution in [3.8, 4) is 0 Å². The molecule has 1 heterocycles. The maximum absolute atomic E-state index is 4.63. The maximum atomic E-state index is 4.63. The Labute approximate surface area is 118 Å². The highest BCUT2D eigenvalue weighted by Gasteiger charge is 2.04. The summed E-state index contributed by atoms with van der Waals surface area (Å²) in [6.45, 7) is 4.14. The zero-order valence-corrected chi connectivity index (χ0v) is 11.3. The molecule has 0 bridgehead atoms. The van der Waals surface area contributed by atoms with Crippen LogP contribution in [0.5, 0.6) is 0 Å². The van der Waals surface area contributed by atoms with E-state index >= 15 is 0 Å². The molecule has 0 atom stereocenters. The molecule has 0 unspecified atom stereocenters. The molecular weight excluding hydrogens is 244 g/mol. The molecule has 1 aromatic heterocycles. The van der Waals surface area contributed by atoms with E-state index in [1.165, 1.54) is 5.56 Å². The zero-order chi connectivity index (χ0) is 13.8. The first kappa shape index (κ1) is 12.5. The number of hydrogen-bond acceptors (Lipinski definition) is 2. The van der Waals surface area contributed by atoms with Gasteiger partial charge < -0.3 is 0 Å². The molecule has 0 amide bonds. The van der Waals surface area contributed by atoms with Crippen LogP contribution in [-0.2, 0) is 6.42 Å². The third-order valence-corrected chi connectivity index (χ3v) is 3.37. The number of nitrogens with zero attached hydrogens (tertiary/aromatic N) is 2. The fourth-order valence-corrected chi connectivity index (χ4v) is 2.20. The molecule has 98 valence electrons. The van der Waals surface area contributed by atoms with Gasteiger partial charge in [0, 0.05) is 0 Å². The average Bonchev–Trinajstić information content (AvgIpc) is 2.53. The molecule has 2 heteroatoms. The number of fused-ring (bicyclic) bond motifs is 1. The van der Waals surface area contributed by atoms with Gasteiger partial charge in [0.2, 0.25) is 0 Å². The molecule has 0 radical (unpaired) electrons. The van der Waals surface area contributed by atoms with E-state index in [0.717, 1.165) is 35.1 Å². The van der Waals surface area contributed by atoms with Gasteiger partial charge in [0.15, 0.2) is 0 Å². The fraction of sp³-hybridized carbons (Fsp3) is 0.111. The van der Waals surface area contributed by atoms with E-state index in [1.807, 2.05) is 36.5 Å². The Morgan fingerprint density at radius 2 is 1.60 bits per heavy atom. The van der Waals surface area contributed by atoms with Crippen molar-refractivity contribution in [3.63, 3.8) is 0 Å². The van der Waals surface area contributed by atoms with Gasteiger partial charge in [-0.15, -0.1) is 0 Å². The number of allylic oxidation sites excluding steroid dienone is 1. The van der Waals surface area contributed by atoms with Crippen LogP contribution in [0.3, 0.4) is 0 Å². The van der Waals surface area contributed by atoms with Crippen molar-refractivity contribution in [2.24, 2.45) is 0 Å². The Kier molecular flexibility index (Phi) is 3.55. The summed E-state index contributed by atoms with van der Waals surface area (Å²) < 4.78 is 0. The lowest BCUT2D eigenvalue weighted by atomic mass is 10.0. The number of hydrogen-bond donors (Lipinski definition) is 0. The molecule has 2 aromatic carbocycles. The van der Waals surface area contributed by atoms with Crippen molar-refractivity contribution >= 4 is 16.6 Å². The summed E-state index contributed by atoms with van der Waals surface area (Å²) >= 11 is 0. The Bertz CT molecular complexity index is 733. The van der Waals surface area contributed by atoms with Crippen LogP contribution in [0.25, 0.3) is 16.6 Å². The van der Waals surface area contributed by atoms with Gasteiger partial charge in [0.1, 0.15) is 0 Å². The van der Waals surface area contributed by atoms with Crippen LogP contribution in [0, 0.1) is 0 Å². The Hall–Kier alpha value is -2.48. The van der Waals surface area contributed by atoms with Crippen LogP contribution in [0.4, 0.5) is 0 Å². The minimum Gasteiger partial charge on any atom is -0.252 e. The lowest BCUT2D eigenvalue weighted by molar-refractivity contribution is 1.01. The van der Waals surface area contributed by atoms with Gasteiger partial charge in [0.25, 0.3) is 0 Å². The molecule has 0 spiro atoms. The van der Waals surface area contributed by atoms with Gasteiger partial charge in [-0.3, -0.25) is 4.98 Å². The predicted octanol–water partition coefficient (Wildman–Crippen LogP) is 4.28. The summed E-state index contributed by atoms with van der Waals surface area (Å²) in [7, 11) is 0. The van der Waals surface area contributed by atoms with Gasteiger partial charge in [-0.2, -0.15) is 0 Å². The summed E-state index contributed by atoms with van der Waals surface area (Å²) in [4.78, 5) is 9.06. The normalized spacial score (nSPS) is 10.6. The topological polar surface area (TPSA) is 25.8 Å². The van der Waals surface area contributed by atoms with Gasteiger partial charge in [-0.1, -0.05) is 49.0 Å². The van der Waals surface area contributed by atoms with Crippen LogP contribution >= 0.6 is 0 Å². The number of benzene rings is 2. The molecule has 0 fully saturated rings. The van der Waals surface area contributed by atoms with Crippen molar-refractivity contribution in [1.29, 1.82) is 0 Å². The molecule has 2 nitrogen and oxygen atoms in total. The monoisotopic (exact) mass is 260 g/mol. The number of aryl methyl sites for hydroxylation is 1.